The van der Waals surface area contributed by atoms with E-state index in [1.54, 1.807) is 0 Å². The van der Waals surface area contributed by atoms with E-state index in [0.717, 1.165) is 11.5 Å². The van der Waals surface area contributed by atoms with Crippen molar-refractivity contribution in [1.82, 2.24) is 0 Å². The maximum atomic E-state index is 7.37. The van der Waals surface area contributed by atoms with E-state index in [1.807, 2.05) is 0 Å². The van der Waals surface area contributed by atoms with Gasteiger partial charge in [-0.3, -0.25) is 0 Å². The van der Waals surface area contributed by atoms with Crippen LogP contribution in [0.1, 0.15) is 85.3 Å². The van der Waals surface area contributed by atoms with E-state index >= 15 is 0 Å². The van der Waals surface area contributed by atoms with E-state index in [4.69, 9.17) is 4.74 Å². The van der Waals surface area contributed by atoms with Gasteiger partial charge in [0.15, 0.2) is 0 Å². The Balaban J connectivity index is 0.00000455. The highest BCUT2D eigenvalue weighted by Crippen LogP contribution is 2.61. The van der Waals surface area contributed by atoms with Gasteiger partial charge in [0, 0.05) is 11.1 Å². The van der Waals surface area contributed by atoms with Crippen molar-refractivity contribution in [2.45, 2.75) is 82.1 Å². The van der Waals surface area contributed by atoms with Gasteiger partial charge in [-0.2, -0.15) is 0 Å². The summed E-state index contributed by atoms with van der Waals surface area (Å²) >= 11 is 0. The molecular weight excluding hydrogens is 689 g/mol. The van der Waals surface area contributed by atoms with E-state index in [2.05, 4.69) is 191 Å². The van der Waals surface area contributed by atoms with Crippen molar-refractivity contribution in [3.8, 4) is 33.8 Å². The minimum atomic E-state index is -0.733. The molecule has 0 aliphatic carbocycles. The topological polar surface area (TPSA) is 9.23 Å². The summed E-state index contributed by atoms with van der Waals surface area (Å²) in [6.07, 6.45) is 0. The zero-order valence-electron chi connectivity index (χ0n) is 34.5. The highest BCUT2D eigenvalue weighted by Gasteiger charge is 2.49. The van der Waals surface area contributed by atoms with Gasteiger partial charge in [-0.25, -0.2) is 0 Å². The smallest absolute Gasteiger partial charge is 0.133 e. The van der Waals surface area contributed by atoms with Crippen LogP contribution in [0, 0.1) is 69.2 Å². The van der Waals surface area contributed by atoms with Crippen LogP contribution in [-0.2, 0) is 5.41 Å². The summed E-state index contributed by atoms with van der Waals surface area (Å²) in [7, 11) is 0. The largest absolute Gasteiger partial charge is 0.457 e. The van der Waals surface area contributed by atoms with Crippen LogP contribution >= 0.6 is 0 Å². The lowest BCUT2D eigenvalue weighted by Gasteiger charge is -2.44. The lowest BCUT2D eigenvalue weighted by molar-refractivity contribution is 0.438. The number of hydrogen-bond donors (Lipinski definition) is 0. The number of benzene rings is 8. The van der Waals surface area contributed by atoms with Gasteiger partial charge in [0.05, 0.1) is 5.41 Å². The molecule has 0 N–H and O–H groups in total. The van der Waals surface area contributed by atoms with Gasteiger partial charge in [-0.1, -0.05) is 117 Å². The van der Waals surface area contributed by atoms with Crippen molar-refractivity contribution in [3.63, 3.8) is 0 Å². The minimum Gasteiger partial charge on any atom is -0.457 e. The first-order chi connectivity index (χ1) is 26.9. The third kappa shape index (κ3) is 5.43. The lowest BCUT2D eigenvalue weighted by Crippen LogP contribution is -2.35. The van der Waals surface area contributed by atoms with Crippen molar-refractivity contribution in [3.05, 3.63) is 199 Å². The van der Waals surface area contributed by atoms with E-state index in [1.165, 1.54) is 122 Å². The number of fused-ring (bicyclic) bond motifs is 6. The molecule has 0 saturated heterocycles. The Bertz CT molecular complexity index is 2670. The van der Waals surface area contributed by atoms with Gasteiger partial charge in [0.25, 0.3) is 0 Å². The highest BCUT2D eigenvalue weighted by atomic mass is 16.5. The fourth-order valence-corrected chi connectivity index (χ4v) is 10.1. The predicted molar refractivity (Wildman–Crippen MR) is 245 cm³/mol. The summed E-state index contributed by atoms with van der Waals surface area (Å²) in [6.45, 7) is 23.0. The van der Waals surface area contributed by atoms with Crippen molar-refractivity contribution < 1.29 is 4.74 Å². The van der Waals surface area contributed by atoms with Gasteiger partial charge >= 0.3 is 0 Å². The molecule has 0 bridgehead atoms. The monoisotopic (exact) mass is 742 g/mol. The van der Waals surface area contributed by atoms with Crippen LogP contribution < -0.4 is 4.74 Å². The molecule has 8 aromatic rings. The first-order valence-electron chi connectivity index (χ1n) is 20.0. The average molecular weight is 743 g/mol. The second kappa shape index (κ2) is 13.9. The van der Waals surface area contributed by atoms with Crippen molar-refractivity contribution in [1.29, 1.82) is 0 Å². The molecule has 57 heavy (non-hydrogen) atoms. The standard InChI is InChI=1S/C55H50O.CH4/c1-31-29-47-53(51-39(9)35(5)33(3)37(7)49(31)51)55(45-25-21-43(22-26-45)41-17-13-11-14-18-41,46-27-23-44(24-28-46)42-19-15-12-16-20-42)54-48(56-47)30-32(2)50-38(8)34(4)36(6)40(10)52(50)54;/h11-30H,1-10H3;1H4. The molecule has 1 aliphatic rings. The molecule has 9 rings (SSSR count). The van der Waals surface area contributed by atoms with Gasteiger partial charge in [-0.05, 0) is 192 Å². The molecule has 0 saturated carbocycles. The summed E-state index contributed by atoms with van der Waals surface area (Å²) in [5, 5.41) is 5.27. The molecule has 0 fully saturated rings. The van der Waals surface area contributed by atoms with Gasteiger partial charge in [0.1, 0.15) is 11.5 Å². The molecule has 0 spiro atoms. The third-order valence-electron chi connectivity index (χ3n) is 13.7. The Morgan fingerprint density at radius 1 is 0.333 bits per heavy atom. The average Bonchev–Trinajstić information content (AvgIpc) is 3.22. The summed E-state index contributed by atoms with van der Waals surface area (Å²) in [5.41, 5.74) is 22.2. The maximum Gasteiger partial charge on any atom is 0.133 e. The minimum absolute atomic E-state index is 0. The Labute approximate surface area is 340 Å². The Hall–Kier alpha value is -5.92. The lowest BCUT2D eigenvalue weighted by atomic mass is 9.60. The molecule has 0 atom stereocenters. The SMILES string of the molecule is C.Cc1c(C)c(C)c2c3c(cc(C)c2c1C)Oc1cc(C)c2c(C)c(C)c(C)c(C)c2c1C3(c1ccc(-c2ccccc2)cc1)c1ccc(-c2ccccc2)cc1. The fraction of sp³-hybridized carbons (Fsp3) is 0.214. The first-order valence-corrected chi connectivity index (χ1v) is 20.0. The number of hydrogen-bond acceptors (Lipinski definition) is 1. The quantitative estimate of drug-likeness (QED) is 0.174. The molecule has 1 nitrogen and oxygen atoms in total. The maximum absolute atomic E-state index is 7.37. The molecule has 284 valence electrons. The van der Waals surface area contributed by atoms with E-state index < -0.39 is 5.41 Å². The Morgan fingerprint density at radius 2 is 0.632 bits per heavy atom. The van der Waals surface area contributed by atoms with Crippen LogP contribution in [0.2, 0.25) is 0 Å². The Kier molecular flexibility index (Phi) is 9.28. The summed E-state index contributed by atoms with van der Waals surface area (Å²) in [4.78, 5) is 0. The van der Waals surface area contributed by atoms with Gasteiger partial charge in [0.2, 0.25) is 0 Å². The van der Waals surface area contributed by atoms with Crippen molar-refractivity contribution >= 4 is 21.5 Å². The molecular formula is C56H54O. The van der Waals surface area contributed by atoms with E-state index in [0.29, 0.717) is 0 Å². The molecule has 1 heteroatoms. The highest BCUT2D eigenvalue weighted by molar-refractivity contribution is 6.05. The zero-order valence-corrected chi connectivity index (χ0v) is 34.5. The normalized spacial score (nSPS) is 12.9. The summed E-state index contributed by atoms with van der Waals surface area (Å²) in [6, 6.07) is 45.0. The third-order valence-corrected chi connectivity index (χ3v) is 13.7. The van der Waals surface area contributed by atoms with Gasteiger partial charge in [-0.15, -0.1) is 0 Å². The predicted octanol–water partition coefficient (Wildman–Crippen LogP) is 15.5. The molecule has 0 radical (unpaired) electrons. The van der Waals surface area contributed by atoms with E-state index in [-0.39, 0.29) is 7.43 Å². The molecule has 1 heterocycles. The van der Waals surface area contributed by atoms with Crippen LogP contribution in [0.3, 0.4) is 0 Å². The second-order valence-corrected chi connectivity index (χ2v) is 16.4. The molecule has 1 aliphatic heterocycles. The van der Waals surface area contributed by atoms with Crippen LogP contribution in [0.5, 0.6) is 11.5 Å². The van der Waals surface area contributed by atoms with Crippen molar-refractivity contribution in [2.75, 3.05) is 0 Å². The molecule has 8 aromatic carbocycles. The summed E-state index contributed by atoms with van der Waals surface area (Å²) in [5.74, 6) is 1.87. The van der Waals surface area contributed by atoms with Crippen LogP contribution in [0.15, 0.2) is 121 Å². The molecule has 0 aromatic heterocycles. The molecule has 0 amide bonds. The van der Waals surface area contributed by atoms with Gasteiger partial charge < -0.3 is 4.74 Å². The van der Waals surface area contributed by atoms with Crippen LogP contribution in [0.4, 0.5) is 0 Å². The second-order valence-electron chi connectivity index (χ2n) is 16.4. The van der Waals surface area contributed by atoms with Crippen molar-refractivity contribution in [2.24, 2.45) is 0 Å². The number of aryl methyl sites for hydroxylation is 6. The first kappa shape index (κ1) is 38.0. The summed E-state index contributed by atoms with van der Waals surface area (Å²) < 4.78 is 7.37. The zero-order chi connectivity index (χ0) is 39.2. The number of ether oxygens (including phenoxy) is 1. The number of rotatable bonds is 4. The van der Waals surface area contributed by atoms with Crippen LogP contribution in [-0.4, -0.2) is 0 Å². The van der Waals surface area contributed by atoms with E-state index in [9.17, 15) is 0 Å². The van der Waals surface area contributed by atoms with Crippen LogP contribution in [0.25, 0.3) is 43.8 Å². The molecule has 0 unspecified atom stereocenters. The fourth-order valence-electron chi connectivity index (χ4n) is 10.1. The Morgan fingerprint density at radius 3 is 0.965 bits per heavy atom.